The van der Waals surface area contributed by atoms with Crippen molar-refractivity contribution in [2.45, 2.75) is 6.92 Å². The second-order valence-electron chi connectivity index (χ2n) is 5.62. The van der Waals surface area contributed by atoms with Gasteiger partial charge in [-0.05, 0) is 41.3 Å². The van der Waals surface area contributed by atoms with Crippen molar-refractivity contribution in [2.75, 3.05) is 0 Å². The maximum atomic E-state index is 3.56. The third kappa shape index (κ3) is 2.11. The fourth-order valence-corrected chi connectivity index (χ4v) is 3.03. The summed E-state index contributed by atoms with van der Waals surface area (Å²) in [5.74, 6) is 0. The molecule has 0 radical (unpaired) electrons. The largest absolute Gasteiger partial charge is 0.354 e. The lowest BCUT2D eigenvalue weighted by atomic mass is 10.0. The molecule has 0 saturated heterocycles. The number of benzene rings is 3. The van der Waals surface area contributed by atoms with Gasteiger partial charge in [0, 0.05) is 16.6 Å². The van der Waals surface area contributed by atoms with E-state index in [1.807, 2.05) is 0 Å². The molecule has 1 aromatic heterocycles. The fourth-order valence-electron chi connectivity index (χ4n) is 3.03. The minimum absolute atomic E-state index is 1.19. The summed E-state index contributed by atoms with van der Waals surface area (Å²) < 4.78 is 0. The molecule has 0 saturated carbocycles. The first kappa shape index (κ1) is 12.9. The predicted octanol–water partition coefficient (Wildman–Crippen LogP) is 5.81. The van der Waals surface area contributed by atoms with E-state index in [4.69, 9.17) is 0 Å². The highest BCUT2D eigenvalue weighted by atomic mass is 14.7. The van der Waals surface area contributed by atoms with Crippen molar-refractivity contribution in [3.8, 4) is 22.4 Å². The third-order valence-electron chi connectivity index (χ3n) is 4.23. The molecule has 1 nitrogen and oxygen atoms in total. The highest BCUT2D eigenvalue weighted by molar-refractivity contribution is 5.93. The van der Waals surface area contributed by atoms with Crippen molar-refractivity contribution in [1.29, 1.82) is 0 Å². The molecule has 0 aliphatic rings. The van der Waals surface area contributed by atoms with Crippen LogP contribution in [0.2, 0.25) is 0 Å². The highest BCUT2D eigenvalue weighted by Gasteiger charge is 2.10. The lowest BCUT2D eigenvalue weighted by Gasteiger charge is -2.02. The summed E-state index contributed by atoms with van der Waals surface area (Å²) in [6.07, 6.45) is 0. The van der Waals surface area contributed by atoms with Crippen LogP contribution >= 0.6 is 0 Å². The summed E-state index contributed by atoms with van der Waals surface area (Å²) in [6, 6.07) is 27.7. The van der Waals surface area contributed by atoms with Crippen LogP contribution in [0.1, 0.15) is 5.56 Å². The van der Waals surface area contributed by atoms with E-state index in [9.17, 15) is 0 Å². The average molecular weight is 283 g/mol. The molecule has 0 spiro atoms. The molecule has 0 atom stereocenters. The number of hydrogen-bond donors (Lipinski definition) is 1. The van der Waals surface area contributed by atoms with Crippen molar-refractivity contribution in [1.82, 2.24) is 4.98 Å². The second-order valence-corrected chi connectivity index (χ2v) is 5.62. The average Bonchev–Trinajstić information content (AvgIpc) is 2.93. The van der Waals surface area contributed by atoms with Crippen LogP contribution in [0.15, 0.2) is 78.9 Å². The van der Waals surface area contributed by atoms with Gasteiger partial charge in [-0.3, -0.25) is 0 Å². The first-order chi connectivity index (χ1) is 10.8. The van der Waals surface area contributed by atoms with Crippen LogP contribution < -0.4 is 0 Å². The maximum absolute atomic E-state index is 3.56. The number of rotatable bonds is 2. The minimum Gasteiger partial charge on any atom is -0.354 e. The van der Waals surface area contributed by atoms with Crippen molar-refractivity contribution >= 4 is 10.9 Å². The van der Waals surface area contributed by atoms with Crippen molar-refractivity contribution in [3.05, 3.63) is 84.4 Å². The van der Waals surface area contributed by atoms with E-state index in [-0.39, 0.29) is 0 Å². The van der Waals surface area contributed by atoms with E-state index >= 15 is 0 Å². The van der Waals surface area contributed by atoms with Crippen molar-refractivity contribution < 1.29 is 0 Å². The summed E-state index contributed by atoms with van der Waals surface area (Å²) in [5, 5.41) is 1.29. The van der Waals surface area contributed by atoms with E-state index in [1.54, 1.807) is 0 Å². The van der Waals surface area contributed by atoms with Crippen LogP contribution in [0.5, 0.6) is 0 Å². The molecule has 0 aliphatic heterocycles. The summed E-state index contributed by atoms with van der Waals surface area (Å²) in [6.45, 7) is 2.19. The SMILES string of the molecule is Cc1c(-c2ccccc2)[nH]c2ccc(-c3ccccc3)cc12. The molecular weight excluding hydrogens is 266 g/mol. The van der Waals surface area contributed by atoms with Gasteiger partial charge < -0.3 is 4.98 Å². The standard InChI is InChI=1S/C21H17N/c1-15-19-14-18(16-8-4-2-5-9-16)12-13-20(19)22-21(15)17-10-6-3-7-11-17/h2-14,22H,1H3. The van der Waals surface area contributed by atoms with E-state index in [0.717, 1.165) is 0 Å². The molecule has 0 bridgehead atoms. The fraction of sp³-hybridized carbons (Fsp3) is 0.0476. The van der Waals surface area contributed by atoms with Gasteiger partial charge in [-0.2, -0.15) is 0 Å². The number of fused-ring (bicyclic) bond motifs is 1. The lowest BCUT2D eigenvalue weighted by Crippen LogP contribution is -1.79. The Morgan fingerprint density at radius 1 is 0.636 bits per heavy atom. The molecule has 0 aliphatic carbocycles. The number of nitrogens with one attached hydrogen (secondary N) is 1. The quantitative estimate of drug-likeness (QED) is 0.478. The van der Waals surface area contributed by atoms with Gasteiger partial charge in [0.05, 0.1) is 0 Å². The Morgan fingerprint density at radius 2 is 1.27 bits per heavy atom. The smallest absolute Gasteiger partial charge is 0.0494 e. The number of aryl methyl sites for hydroxylation is 1. The second kappa shape index (κ2) is 5.19. The number of aromatic amines is 1. The molecule has 1 heteroatoms. The molecule has 0 unspecified atom stereocenters. The zero-order chi connectivity index (χ0) is 14.9. The summed E-state index contributed by atoms with van der Waals surface area (Å²) in [5.41, 5.74) is 7.45. The first-order valence-corrected chi connectivity index (χ1v) is 7.56. The van der Waals surface area contributed by atoms with Gasteiger partial charge in [-0.15, -0.1) is 0 Å². The van der Waals surface area contributed by atoms with E-state index < -0.39 is 0 Å². The Morgan fingerprint density at radius 3 is 1.95 bits per heavy atom. The van der Waals surface area contributed by atoms with Crippen LogP contribution in [-0.4, -0.2) is 4.98 Å². The minimum atomic E-state index is 1.19. The molecule has 3 aromatic carbocycles. The van der Waals surface area contributed by atoms with Crippen LogP contribution in [-0.2, 0) is 0 Å². The zero-order valence-corrected chi connectivity index (χ0v) is 12.5. The van der Waals surface area contributed by atoms with Crippen molar-refractivity contribution in [2.24, 2.45) is 0 Å². The number of hydrogen-bond acceptors (Lipinski definition) is 0. The zero-order valence-electron chi connectivity index (χ0n) is 12.5. The molecule has 0 amide bonds. The Balaban J connectivity index is 1.89. The Bertz CT molecular complexity index is 918. The molecule has 22 heavy (non-hydrogen) atoms. The number of aromatic nitrogens is 1. The molecule has 4 rings (SSSR count). The topological polar surface area (TPSA) is 15.8 Å². The predicted molar refractivity (Wildman–Crippen MR) is 93.9 cm³/mol. The summed E-state index contributed by atoms with van der Waals surface area (Å²) in [7, 11) is 0. The molecule has 4 aromatic rings. The van der Waals surface area contributed by atoms with E-state index in [0.29, 0.717) is 0 Å². The van der Waals surface area contributed by atoms with Crippen LogP contribution in [0.3, 0.4) is 0 Å². The normalized spacial score (nSPS) is 11.0. The van der Waals surface area contributed by atoms with Gasteiger partial charge in [-0.25, -0.2) is 0 Å². The Hall–Kier alpha value is -2.80. The van der Waals surface area contributed by atoms with Crippen LogP contribution in [0.25, 0.3) is 33.3 Å². The summed E-state index contributed by atoms with van der Waals surface area (Å²) >= 11 is 0. The van der Waals surface area contributed by atoms with Gasteiger partial charge in [0.1, 0.15) is 0 Å². The number of H-pyrrole nitrogens is 1. The highest BCUT2D eigenvalue weighted by Crippen LogP contribution is 2.32. The Labute approximate surface area is 130 Å². The summed E-state index contributed by atoms with van der Waals surface area (Å²) in [4.78, 5) is 3.56. The van der Waals surface area contributed by atoms with Crippen LogP contribution in [0.4, 0.5) is 0 Å². The van der Waals surface area contributed by atoms with Gasteiger partial charge in [0.25, 0.3) is 0 Å². The van der Waals surface area contributed by atoms with Crippen LogP contribution in [0, 0.1) is 6.92 Å². The molecule has 1 heterocycles. The molecule has 1 N–H and O–H groups in total. The third-order valence-corrected chi connectivity index (χ3v) is 4.23. The monoisotopic (exact) mass is 283 g/mol. The van der Waals surface area contributed by atoms with Gasteiger partial charge in [-0.1, -0.05) is 66.7 Å². The van der Waals surface area contributed by atoms with Gasteiger partial charge >= 0.3 is 0 Å². The molecular formula is C21H17N. The van der Waals surface area contributed by atoms with Gasteiger partial charge in [0.15, 0.2) is 0 Å². The first-order valence-electron chi connectivity index (χ1n) is 7.56. The molecule has 106 valence electrons. The van der Waals surface area contributed by atoms with Gasteiger partial charge in [0.2, 0.25) is 0 Å². The molecule has 0 fully saturated rings. The maximum Gasteiger partial charge on any atom is 0.0494 e. The lowest BCUT2D eigenvalue weighted by molar-refractivity contribution is 1.41. The van der Waals surface area contributed by atoms with E-state index in [1.165, 1.54) is 38.9 Å². The van der Waals surface area contributed by atoms with E-state index in [2.05, 4.69) is 90.8 Å². The van der Waals surface area contributed by atoms with Crippen molar-refractivity contribution in [3.63, 3.8) is 0 Å². The Kier molecular flexibility index (Phi) is 3.05.